The molecule has 3 rings (SSSR count). The maximum Gasteiger partial charge on any atom is 0.417 e. The standard InChI is InChI=1S/C22H24F5N3O4S/c1-10-16(12-5-6-13(23)17(24)19(12)35(3)33)18(34-21(10,2)22(25,26)27)20(32)30-11-4-7-14(29-9-11)15(31)8-28/h4-7,9-10,15-16,18,31H,8,28H2,1-3H3,(H,30,32)/t10-,15-,16-,18+,21+,35?/m0/s1. The van der Waals surface area contributed by atoms with Gasteiger partial charge in [0.25, 0.3) is 5.91 Å². The molecule has 1 aromatic carbocycles. The first-order valence-corrected chi connectivity index (χ1v) is 12.0. The van der Waals surface area contributed by atoms with E-state index in [-0.39, 0.29) is 23.5 Å². The van der Waals surface area contributed by atoms with Crippen LogP contribution in [0.5, 0.6) is 0 Å². The van der Waals surface area contributed by atoms with E-state index in [2.05, 4.69) is 10.3 Å². The summed E-state index contributed by atoms with van der Waals surface area (Å²) in [5, 5.41) is 12.1. The number of pyridine rings is 1. The maximum absolute atomic E-state index is 14.6. The third kappa shape index (κ3) is 4.95. The van der Waals surface area contributed by atoms with E-state index in [9.17, 15) is 36.1 Å². The summed E-state index contributed by atoms with van der Waals surface area (Å²) in [7, 11) is -2.12. The zero-order chi connectivity index (χ0) is 26.3. The van der Waals surface area contributed by atoms with Crippen LogP contribution in [0.3, 0.4) is 0 Å². The fourth-order valence-electron chi connectivity index (χ4n) is 4.14. The molecule has 35 heavy (non-hydrogen) atoms. The Morgan fingerprint density at radius 3 is 2.49 bits per heavy atom. The fraction of sp³-hybridized carbons (Fsp3) is 0.455. The molecular formula is C22H24F5N3O4S. The number of nitrogens with two attached hydrogens (primary N) is 1. The Labute approximate surface area is 200 Å². The summed E-state index contributed by atoms with van der Waals surface area (Å²) in [6.07, 6.45) is -5.52. The molecule has 1 aliphatic heterocycles. The van der Waals surface area contributed by atoms with Gasteiger partial charge in [-0.3, -0.25) is 14.0 Å². The van der Waals surface area contributed by atoms with Crippen molar-refractivity contribution >= 4 is 22.4 Å². The maximum atomic E-state index is 14.6. The molecule has 192 valence electrons. The Bertz CT molecular complexity index is 1130. The largest absolute Gasteiger partial charge is 0.417 e. The average molecular weight is 522 g/mol. The number of nitrogens with one attached hydrogen (secondary N) is 1. The summed E-state index contributed by atoms with van der Waals surface area (Å²) in [4.78, 5) is 16.4. The third-order valence-electron chi connectivity index (χ3n) is 6.27. The summed E-state index contributed by atoms with van der Waals surface area (Å²) >= 11 is 0. The van der Waals surface area contributed by atoms with Gasteiger partial charge in [-0.25, -0.2) is 8.78 Å². The number of alkyl halides is 3. The molecule has 4 N–H and O–H groups in total. The van der Waals surface area contributed by atoms with Gasteiger partial charge in [0.15, 0.2) is 17.2 Å². The molecule has 2 heterocycles. The molecule has 0 aliphatic carbocycles. The topological polar surface area (TPSA) is 115 Å². The fourth-order valence-corrected chi connectivity index (χ4v) is 5.02. The molecule has 1 aromatic heterocycles. The number of benzene rings is 1. The van der Waals surface area contributed by atoms with Crippen LogP contribution < -0.4 is 11.1 Å². The van der Waals surface area contributed by atoms with Crippen LogP contribution in [0.25, 0.3) is 0 Å². The highest BCUT2D eigenvalue weighted by atomic mass is 32.2. The number of halogens is 5. The summed E-state index contributed by atoms with van der Waals surface area (Å²) < 4.78 is 88.0. The molecule has 0 saturated carbocycles. The smallest absolute Gasteiger partial charge is 0.385 e. The number of aliphatic hydroxyl groups excluding tert-OH is 1. The number of hydrogen-bond acceptors (Lipinski definition) is 6. The van der Waals surface area contributed by atoms with Crippen LogP contribution in [-0.4, -0.2) is 50.9 Å². The van der Waals surface area contributed by atoms with Gasteiger partial charge in [0.05, 0.1) is 33.3 Å². The number of nitrogens with zero attached hydrogens (tertiary/aromatic N) is 1. The highest BCUT2D eigenvalue weighted by molar-refractivity contribution is 7.84. The second kappa shape index (κ2) is 9.88. The Morgan fingerprint density at radius 1 is 1.31 bits per heavy atom. The summed E-state index contributed by atoms with van der Waals surface area (Å²) in [6, 6.07) is 4.46. The van der Waals surface area contributed by atoms with Crippen LogP contribution in [-0.2, 0) is 20.3 Å². The van der Waals surface area contributed by atoms with E-state index >= 15 is 0 Å². The van der Waals surface area contributed by atoms with Crippen LogP contribution >= 0.6 is 0 Å². The minimum absolute atomic E-state index is 0.0863. The second-order valence-electron chi connectivity index (χ2n) is 8.40. The Kier molecular flexibility index (Phi) is 7.65. The first-order chi connectivity index (χ1) is 16.2. The zero-order valence-corrected chi connectivity index (χ0v) is 19.7. The number of amides is 1. The van der Waals surface area contributed by atoms with Gasteiger partial charge in [0, 0.05) is 24.6 Å². The number of aliphatic hydroxyl groups is 1. The molecule has 0 bridgehead atoms. The molecule has 2 aromatic rings. The molecule has 1 amide bonds. The molecule has 6 atom stereocenters. The molecule has 0 radical (unpaired) electrons. The first-order valence-electron chi connectivity index (χ1n) is 10.4. The van der Waals surface area contributed by atoms with E-state index in [1.807, 2.05) is 0 Å². The number of ether oxygens (including phenoxy) is 1. The zero-order valence-electron chi connectivity index (χ0n) is 18.9. The normalized spacial score (nSPS) is 26.4. The van der Waals surface area contributed by atoms with Crippen molar-refractivity contribution < 1.29 is 40.8 Å². The van der Waals surface area contributed by atoms with Crippen molar-refractivity contribution in [2.45, 2.75) is 48.6 Å². The van der Waals surface area contributed by atoms with Gasteiger partial charge in [-0.05, 0) is 30.7 Å². The summed E-state index contributed by atoms with van der Waals surface area (Å²) in [6.45, 7) is 1.85. The first kappa shape index (κ1) is 27.1. The van der Waals surface area contributed by atoms with Crippen LogP contribution in [0, 0.1) is 17.6 Å². The minimum Gasteiger partial charge on any atom is -0.385 e. The van der Waals surface area contributed by atoms with Crippen molar-refractivity contribution in [3.05, 3.63) is 53.4 Å². The second-order valence-corrected chi connectivity index (χ2v) is 9.72. The monoisotopic (exact) mass is 521 g/mol. The van der Waals surface area contributed by atoms with E-state index in [0.717, 1.165) is 19.2 Å². The highest BCUT2D eigenvalue weighted by Gasteiger charge is 2.65. The Morgan fingerprint density at radius 2 is 1.97 bits per heavy atom. The molecular weight excluding hydrogens is 497 g/mol. The number of carbonyl (C=O) groups excluding carboxylic acids is 1. The van der Waals surface area contributed by atoms with Crippen molar-refractivity contribution in [1.82, 2.24) is 4.98 Å². The van der Waals surface area contributed by atoms with Crippen LogP contribution in [0.15, 0.2) is 35.4 Å². The van der Waals surface area contributed by atoms with Crippen molar-refractivity contribution in [1.29, 1.82) is 0 Å². The molecule has 13 heteroatoms. The van der Waals surface area contributed by atoms with Crippen molar-refractivity contribution in [3.63, 3.8) is 0 Å². The molecule has 1 fully saturated rings. The molecule has 7 nitrogen and oxygen atoms in total. The van der Waals surface area contributed by atoms with Gasteiger partial charge < -0.3 is 20.9 Å². The van der Waals surface area contributed by atoms with E-state index < -0.39 is 69.1 Å². The van der Waals surface area contributed by atoms with E-state index in [1.165, 1.54) is 25.3 Å². The molecule has 1 saturated heterocycles. The quantitative estimate of drug-likeness (QED) is 0.504. The molecule has 1 aliphatic rings. The predicted molar refractivity (Wildman–Crippen MR) is 117 cm³/mol. The van der Waals surface area contributed by atoms with Gasteiger partial charge in [0.1, 0.15) is 12.2 Å². The number of aromatic nitrogens is 1. The van der Waals surface area contributed by atoms with Crippen molar-refractivity contribution in [2.24, 2.45) is 11.7 Å². The van der Waals surface area contributed by atoms with Crippen molar-refractivity contribution in [3.8, 4) is 0 Å². The number of rotatable bonds is 6. The minimum atomic E-state index is -4.91. The van der Waals surface area contributed by atoms with Gasteiger partial charge in [-0.15, -0.1) is 0 Å². The highest BCUT2D eigenvalue weighted by Crippen LogP contribution is 2.54. The lowest BCUT2D eigenvalue weighted by atomic mass is 9.77. The Balaban J connectivity index is 2.05. The van der Waals surface area contributed by atoms with Gasteiger partial charge in [-0.1, -0.05) is 13.0 Å². The van der Waals surface area contributed by atoms with Crippen LogP contribution in [0.2, 0.25) is 0 Å². The predicted octanol–water partition coefficient (Wildman–Crippen LogP) is 3.17. The SMILES string of the molecule is C[C@H]1[C@@H](c2ccc(F)c(F)c2S(C)=O)[C@H](C(=O)Nc2ccc([C@@H](O)CN)nc2)O[C@@]1(C)C(F)(F)F. The summed E-state index contributed by atoms with van der Waals surface area (Å²) in [5.74, 6) is -6.64. The van der Waals surface area contributed by atoms with Gasteiger partial charge in [-0.2, -0.15) is 13.2 Å². The summed E-state index contributed by atoms with van der Waals surface area (Å²) in [5.41, 5.74) is 2.63. The lowest BCUT2D eigenvalue weighted by molar-refractivity contribution is -0.272. The van der Waals surface area contributed by atoms with E-state index in [4.69, 9.17) is 10.5 Å². The number of carbonyl (C=O) groups is 1. The number of hydrogen-bond donors (Lipinski definition) is 3. The average Bonchev–Trinajstić information content (AvgIpc) is 3.07. The van der Waals surface area contributed by atoms with Crippen LogP contribution in [0.4, 0.5) is 27.6 Å². The lowest BCUT2D eigenvalue weighted by Gasteiger charge is -2.32. The van der Waals surface area contributed by atoms with E-state index in [1.54, 1.807) is 0 Å². The van der Waals surface area contributed by atoms with Crippen LogP contribution in [0.1, 0.15) is 37.1 Å². The lowest BCUT2D eigenvalue weighted by Crippen LogP contribution is -2.47. The molecule has 1 unspecified atom stereocenters. The van der Waals surface area contributed by atoms with Crippen molar-refractivity contribution in [2.75, 3.05) is 18.1 Å². The van der Waals surface area contributed by atoms with E-state index in [0.29, 0.717) is 6.07 Å². The van der Waals surface area contributed by atoms with Gasteiger partial charge in [0.2, 0.25) is 0 Å². The number of anilines is 1. The van der Waals surface area contributed by atoms with Gasteiger partial charge >= 0.3 is 6.18 Å². The molecule has 0 spiro atoms. The third-order valence-corrected chi connectivity index (χ3v) is 7.26. The Hall–Kier alpha value is -2.48.